The van der Waals surface area contributed by atoms with Crippen LogP contribution in [0.2, 0.25) is 0 Å². The molecule has 0 amide bonds. The van der Waals surface area contributed by atoms with E-state index in [9.17, 15) is 0 Å². The molecule has 1 aromatic carbocycles. The molecule has 1 rings (SSSR count). The Kier molecular flexibility index (Phi) is 3.21. The molecule has 0 spiro atoms. The molecule has 0 heterocycles. The van der Waals surface area contributed by atoms with Crippen LogP contribution in [0, 0.1) is 6.92 Å². The van der Waals surface area contributed by atoms with Crippen molar-refractivity contribution in [3.63, 3.8) is 0 Å². The normalized spacial score (nSPS) is 10.6. The van der Waals surface area contributed by atoms with Crippen molar-refractivity contribution in [1.29, 1.82) is 0 Å². The van der Waals surface area contributed by atoms with Gasteiger partial charge in [-0.2, -0.15) is 0 Å². The summed E-state index contributed by atoms with van der Waals surface area (Å²) < 4.78 is 5.13. The minimum absolute atomic E-state index is 0.207. The molecule has 4 radical (unpaired) electrons. The summed E-state index contributed by atoms with van der Waals surface area (Å²) in [5, 5.41) is 0. The summed E-state index contributed by atoms with van der Waals surface area (Å²) in [6.07, 6.45) is 0. The van der Waals surface area contributed by atoms with Gasteiger partial charge >= 0.3 is 75.2 Å². The number of benzene rings is 1. The topological polar surface area (TPSA) is 9.23 Å². The summed E-state index contributed by atoms with van der Waals surface area (Å²) in [4.78, 5) is 0. The minimum atomic E-state index is 0.207. The Labute approximate surface area is 75.8 Å². The summed E-state index contributed by atoms with van der Waals surface area (Å²) >= 11 is 0. The van der Waals surface area contributed by atoms with Gasteiger partial charge in [0.25, 0.3) is 0 Å². The second-order valence-corrected chi connectivity index (χ2v) is 2.48. The molecular formula is C8H7B3O. The average Bonchev–Trinajstić information content (AvgIpc) is 2.09. The predicted octanol–water partition coefficient (Wildman–Crippen LogP) is 0.417. The molecule has 0 aliphatic carbocycles. The maximum atomic E-state index is 5.36. The molecule has 0 saturated carbocycles. The quantitative estimate of drug-likeness (QED) is 0.557. The molecule has 54 valence electrons. The third-order valence-electron chi connectivity index (χ3n) is 1.42. The zero-order chi connectivity index (χ0) is 8.97. The molecule has 12 heavy (non-hydrogen) atoms. The molecule has 0 bridgehead atoms. The number of hydrogen-bond acceptors (Lipinski definition) is 1. The van der Waals surface area contributed by atoms with Gasteiger partial charge in [0.1, 0.15) is 0 Å². The van der Waals surface area contributed by atoms with E-state index in [1.807, 2.05) is 31.2 Å². The van der Waals surface area contributed by atoms with Gasteiger partial charge in [-0.05, 0) is 0 Å². The Morgan fingerprint density at radius 1 is 1.33 bits per heavy atom. The summed E-state index contributed by atoms with van der Waals surface area (Å²) in [7, 11) is 10.5. The third kappa shape index (κ3) is 2.61. The van der Waals surface area contributed by atoms with Crippen LogP contribution >= 0.6 is 0 Å². The fourth-order valence-corrected chi connectivity index (χ4v) is 0.776. The van der Waals surface area contributed by atoms with Gasteiger partial charge in [-0.25, -0.2) is 0 Å². The van der Waals surface area contributed by atoms with E-state index in [-0.39, 0.29) is 5.55 Å². The summed E-state index contributed by atoms with van der Waals surface area (Å²) in [6.45, 7) is 3.23. The van der Waals surface area contributed by atoms with Gasteiger partial charge in [-0.15, -0.1) is 0 Å². The Balaban J connectivity index is 2.71. The molecule has 0 aliphatic heterocycles. The van der Waals surface area contributed by atoms with Crippen LogP contribution in [-0.4, -0.2) is 27.9 Å². The number of ether oxygens (including phenoxy) is 1. The molecule has 0 unspecified atom stereocenters. The molecule has 4 heteroatoms. The van der Waals surface area contributed by atoms with Gasteiger partial charge < -0.3 is 0 Å². The van der Waals surface area contributed by atoms with E-state index in [1.54, 1.807) is 0 Å². The van der Waals surface area contributed by atoms with E-state index in [0.717, 1.165) is 0 Å². The van der Waals surface area contributed by atoms with Crippen molar-refractivity contribution in [2.75, 3.05) is 0 Å². The van der Waals surface area contributed by atoms with Crippen molar-refractivity contribution in [1.82, 2.24) is 0 Å². The fourth-order valence-electron chi connectivity index (χ4n) is 0.776. The van der Waals surface area contributed by atoms with Crippen LogP contribution in [0.1, 0.15) is 5.56 Å². The summed E-state index contributed by atoms with van der Waals surface area (Å²) in [5.74, 6) is 0.694. The van der Waals surface area contributed by atoms with E-state index in [1.165, 1.54) is 12.4 Å². The Morgan fingerprint density at radius 3 is 2.42 bits per heavy atom. The zero-order valence-corrected chi connectivity index (χ0v) is 6.95. The van der Waals surface area contributed by atoms with E-state index < -0.39 is 0 Å². The second kappa shape index (κ2) is 4.20. The SMILES string of the molecule is [B]B=C([B])Oc1ccc(C)cc1. The molecule has 0 fully saturated rings. The number of rotatable bonds is 2. The van der Waals surface area contributed by atoms with Crippen molar-refractivity contribution < 1.29 is 4.74 Å². The van der Waals surface area contributed by atoms with E-state index in [2.05, 4.69) is 0 Å². The Bertz CT molecular complexity index is 279. The fraction of sp³-hybridized carbons (Fsp3) is 0.125. The zero-order valence-electron chi connectivity index (χ0n) is 6.95. The van der Waals surface area contributed by atoms with Crippen molar-refractivity contribution in [2.45, 2.75) is 6.92 Å². The van der Waals surface area contributed by atoms with Gasteiger partial charge in [0.15, 0.2) is 0 Å². The summed E-state index contributed by atoms with van der Waals surface area (Å²) in [6, 6.07) is 7.57. The Hall–Kier alpha value is -0.915. The van der Waals surface area contributed by atoms with Crippen LogP contribution in [0.25, 0.3) is 0 Å². The molecule has 0 atom stereocenters. The monoisotopic (exact) mass is 152 g/mol. The van der Waals surface area contributed by atoms with Crippen LogP contribution in [0.5, 0.6) is 5.75 Å². The van der Waals surface area contributed by atoms with Crippen molar-refractivity contribution in [2.24, 2.45) is 0 Å². The molecule has 0 aromatic heterocycles. The van der Waals surface area contributed by atoms with Crippen molar-refractivity contribution in [3.8, 4) is 5.75 Å². The molecule has 0 saturated heterocycles. The van der Waals surface area contributed by atoms with E-state index in [4.69, 9.17) is 20.3 Å². The molecule has 1 aromatic rings. The number of aryl methyl sites for hydroxylation is 1. The van der Waals surface area contributed by atoms with Crippen LogP contribution < -0.4 is 4.74 Å². The van der Waals surface area contributed by atoms with E-state index >= 15 is 0 Å². The van der Waals surface area contributed by atoms with Crippen LogP contribution in [-0.2, 0) is 0 Å². The first-order chi connectivity index (χ1) is 5.72. The number of hydrogen-bond donors (Lipinski definition) is 0. The van der Waals surface area contributed by atoms with E-state index in [0.29, 0.717) is 5.75 Å². The predicted molar refractivity (Wildman–Crippen MR) is 54.1 cm³/mol. The summed E-state index contributed by atoms with van der Waals surface area (Å²) in [5.41, 5.74) is 1.39. The van der Waals surface area contributed by atoms with Gasteiger partial charge in [0.05, 0.1) is 0 Å². The van der Waals surface area contributed by atoms with Gasteiger partial charge in [0.2, 0.25) is 0 Å². The first-order valence-electron chi connectivity index (χ1n) is 3.64. The third-order valence-corrected chi connectivity index (χ3v) is 1.42. The van der Waals surface area contributed by atoms with Gasteiger partial charge in [-0.1, -0.05) is 0 Å². The second-order valence-electron chi connectivity index (χ2n) is 2.48. The average molecular weight is 152 g/mol. The molecule has 0 aliphatic rings. The molecule has 1 nitrogen and oxygen atoms in total. The molecular weight excluding hydrogens is 145 g/mol. The Morgan fingerprint density at radius 2 is 1.92 bits per heavy atom. The van der Waals surface area contributed by atoms with Gasteiger partial charge in [-0.3, -0.25) is 0 Å². The van der Waals surface area contributed by atoms with Crippen LogP contribution in [0.4, 0.5) is 0 Å². The van der Waals surface area contributed by atoms with Crippen LogP contribution in [0.15, 0.2) is 24.3 Å². The van der Waals surface area contributed by atoms with Crippen molar-refractivity contribution >= 4 is 27.9 Å². The van der Waals surface area contributed by atoms with Crippen LogP contribution in [0.3, 0.4) is 0 Å². The first kappa shape index (κ1) is 9.18. The van der Waals surface area contributed by atoms with Gasteiger partial charge in [0, 0.05) is 0 Å². The first-order valence-corrected chi connectivity index (χ1v) is 3.64. The maximum absolute atomic E-state index is 5.36. The standard InChI is InChI=1S/C8H7B3O/c1-6-2-4-7(5-3-6)12-8(9)11-10/h2-5H,1H3. The molecule has 0 N–H and O–H groups in total. The van der Waals surface area contributed by atoms with Crippen molar-refractivity contribution in [3.05, 3.63) is 29.8 Å².